The number of nitrogens with two attached hydrogens (primary N) is 2. The molecule has 0 aliphatic rings. The van der Waals surface area contributed by atoms with E-state index in [9.17, 15) is 4.39 Å². The number of rotatable bonds is 4. The standard InChI is InChI=1S/C11H15FIN3O/c1-6(14)10(15)11(13)16-9-4-3-7(17-2)5-8(9)12/h3-6,16H,14-15H2,1-2H3/b11-10+. The molecular weight excluding hydrogens is 336 g/mol. The van der Waals surface area contributed by atoms with Gasteiger partial charge in [0.2, 0.25) is 0 Å². The van der Waals surface area contributed by atoms with Gasteiger partial charge in [0, 0.05) is 12.1 Å². The number of ether oxygens (including phenoxy) is 1. The Bertz CT molecular complexity index is 435. The Morgan fingerprint density at radius 3 is 2.65 bits per heavy atom. The summed E-state index contributed by atoms with van der Waals surface area (Å²) in [7, 11) is 1.49. The van der Waals surface area contributed by atoms with Crippen molar-refractivity contribution in [2.24, 2.45) is 11.5 Å². The molecule has 0 radical (unpaired) electrons. The molecular formula is C11H15FIN3O. The molecule has 5 N–H and O–H groups in total. The number of hydrogen-bond donors (Lipinski definition) is 3. The summed E-state index contributed by atoms with van der Waals surface area (Å²) in [5.74, 6) is 0.0585. The van der Waals surface area contributed by atoms with E-state index in [-0.39, 0.29) is 6.04 Å². The first-order valence-electron chi connectivity index (χ1n) is 4.97. The molecule has 0 heterocycles. The molecule has 1 aromatic carbocycles. The summed E-state index contributed by atoms with van der Waals surface area (Å²) in [6.07, 6.45) is 0. The molecule has 4 nitrogen and oxygen atoms in total. The van der Waals surface area contributed by atoms with Gasteiger partial charge in [-0.1, -0.05) is 0 Å². The fourth-order valence-electron chi connectivity index (χ4n) is 1.11. The van der Waals surface area contributed by atoms with E-state index in [1.54, 1.807) is 19.1 Å². The Morgan fingerprint density at radius 2 is 2.18 bits per heavy atom. The van der Waals surface area contributed by atoms with Crippen molar-refractivity contribution in [3.63, 3.8) is 0 Å². The lowest BCUT2D eigenvalue weighted by Crippen LogP contribution is -2.26. The number of nitrogens with one attached hydrogen (secondary N) is 1. The molecule has 0 saturated carbocycles. The van der Waals surface area contributed by atoms with E-state index in [2.05, 4.69) is 5.32 Å². The highest BCUT2D eigenvalue weighted by Crippen LogP contribution is 2.23. The van der Waals surface area contributed by atoms with E-state index >= 15 is 0 Å². The minimum Gasteiger partial charge on any atom is -0.497 e. The summed E-state index contributed by atoms with van der Waals surface area (Å²) in [6, 6.07) is 4.27. The van der Waals surface area contributed by atoms with Crippen LogP contribution < -0.4 is 21.5 Å². The second-order valence-corrected chi connectivity index (χ2v) is 4.61. The number of methoxy groups -OCH3 is 1. The van der Waals surface area contributed by atoms with Gasteiger partial charge in [0.05, 0.1) is 22.2 Å². The summed E-state index contributed by atoms with van der Waals surface area (Å²) < 4.78 is 19.1. The van der Waals surface area contributed by atoms with Gasteiger partial charge < -0.3 is 21.5 Å². The topological polar surface area (TPSA) is 73.3 Å². The van der Waals surface area contributed by atoms with Gasteiger partial charge in [0.15, 0.2) is 0 Å². The molecule has 1 unspecified atom stereocenters. The van der Waals surface area contributed by atoms with Gasteiger partial charge in [-0.3, -0.25) is 0 Å². The van der Waals surface area contributed by atoms with Gasteiger partial charge in [-0.15, -0.1) is 0 Å². The number of halogens is 2. The first kappa shape index (κ1) is 14.0. The van der Waals surface area contributed by atoms with Crippen LogP contribution in [0.15, 0.2) is 27.6 Å². The van der Waals surface area contributed by atoms with Crippen molar-refractivity contribution in [2.75, 3.05) is 12.4 Å². The van der Waals surface area contributed by atoms with Crippen LogP contribution in [0.25, 0.3) is 0 Å². The molecule has 0 aliphatic carbocycles. The van der Waals surface area contributed by atoms with E-state index in [0.717, 1.165) is 0 Å². The molecule has 1 rings (SSSR count). The summed E-state index contributed by atoms with van der Waals surface area (Å²) in [6.45, 7) is 1.76. The van der Waals surface area contributed by atoms with Crippen LogP contribution in [0.5, 0.6) is 5.75 Å². The predicted octanol–water partition coefficient (Wildman–Crippen LogP) is 2.16. The van der Waals surface area contributed by atoms with Crippen LogP contribution in [0.3, 0.4) is 0 Å². The minimum atomic E-state index is -0.406. The third-order valence-corrected chi connectivity index (χ3v) is 3.06. The molecule has 0 aliphatic heterocycles. The third kappa shape index (κ3) is 3.74. The molecule has 94 valence electrons. The van der Waals surface area contributed by atoms with Gasteiger partial charge in [-0.05, 0) is 41.6 Å². The fraction of sp³-hybridized carbons (Fsp3) is 0.273. The Morgan fingerprint density at radius 1 is 1.53 bits per heavy atom. The van der Waals surface area contributed by atoms with Gasteiger partial charge in [0.1, 0.15) is 11.6 Å². The highest BCUT2D eigenvalue weighted by molar-refractivity contribution is 14.1. The highest BCUT2D eigenvalue weighted by Gasteiger charge is 2.08. The normalized spacial score (nSPS) is 13.9. The molecule has 0 saturated heterocycles. The van der Waals surface area contributed by atoms with Crippen molar-refractivity contribution in [1.82, 2.24) is 0 Å². The van der Waals surface area contributed by atoms with Crippen molar-refractivity contribution in [2.45, 2.75) is 13.0 Å². The van der Waals surface area contributed by atoms with Crippen molar-refractivity contribution in [3.05, 3.63) is 33.4 Å². The fourth-order valence-corrected chi connectivity index (χ4v) is 1.90. The average molecular weight is 351 g/mol. The highest BCUT2D eigenvalue weighted by atomic mass is 127. The van der Waals surface area contributed by atoms with Crippen LogP contribution in [-0.4, -0.2) is 13.2 Å². The van der Waals surface area contributed by atoms with Crippen molar-refractivity contribution in [3.8, 4) is 5.75 Å². The van der Waals surface area contributed by atoms with Crippen molar-refractivity contribution >= 4 is 28.3 Å². The molecule has 0 amide bonds. The summed E-state index contributed by atoms with van der Waals surface area (Å²) in [5.41, 5.74) is 12.2. The van der Waals surface area contributed by atoms with E-state index in [1.165, 1.54) is 13.2 Å². The van der Waals surface area contributed by atoms with Gasteiger partial charge in [-0.2, -0.15) is 0 Å². The quantitative estimate of drug-likeness (QED) is 0.574. The Kier molecular flexibility index (Phi) is 5.01. The zero-order valence-corrected chi connectivity index (χ0v) is 11.8. The van der Waals surface area contributed by atoms with Crippen molar-refractivity contribution in [1.29, 1.82) is 0 Å². The van der Waals surface area contributed by atoms with E-state index in [1.807, 2.05) is 22.6 Å². The lowest BCUT2D eigenvalue weighted by molar-refractivity contribution is 0.411. The molecule has 1 aromatic rings. The smallest absolute Gasteiger partial charge is 0.150 e. The summed E-state index contributed by atoms with van der Waals surface area (Å²) in [5, 5.41) is 2.87. The minimum absolute atomic E-state index is 0.282. The maximum absolute atomic E-state index is 13.6. The van der Waals surface area contributed by atoms with Crippen LogP contribution in [0.2, 0.25) is 0 Å². The first-order chi connectivity index (χ1) is 7.95. The van der Waals surface area contributed by atoms with Crippen LogP contribution in [0.1, 0.15) is 6.92 Å². The molecule has 0 spiro atoms. The lowest BCUT2D eigenvalue weighted by atomic mass is 10.2. The average Bonchev–Trinajstić information content (AvgIpc) is 2.30. The third-order valence-electron chi connectivity index (χ3n) is 2.16. The van der Waals surface area contributed by atoms with Gasteiger partial charge in [0.25, 0.3) is 0 Å². The zero-order valence-electron chi connectivity index (χ0n) is 9.63. The maximum atomic E-state index is 13.6. The van der Waals surface area contributed by atoms with Gasteiger partial charge >= 0.3 is 0 Å². The molecule has 6 heteroatoms. The summed E-state index contributed by atoms with van der Waals surface area (Å²) >= 11 is 1.99. The lowest BCUT2D eigenvalue weighted by Gasteiger charge is -2.12. The van der Waals surface area contributed by atoms with E-state index < -0.39 is 5.82 Å². The van der Waals surface area contributed by atoms with Crippen LogP contribution in [0, 0.1) is 5.82 Å². The maximum Gasteiger partial charge on any atom is 0.150 e. The van der Waals surface area contributed by atoms with Crippen LogP contribution in [-0.2, 0) is 0 Å². The Hall–Kier alpha value is -1.02. The van der Waals surface area contributed by atoms with Crippen LogP contribution in [0.4, 0.5) is 10.1 Å². The number of anilines is 1. The monoisotopic (exact) mass is 351 g/mol. The van der Waals surface area contributed by atoms with Crippen molar-refractivity contribution < 1.29 is 9.13 Å². The Labute approximate surface area is 113 Å². The molecule has 0 fully saturated rings. The SMILES string of the molecule is COc1ccc(N/C(I)=C(/N)C(C)N)c(F)c1. The predicted molar refractivity (Wildman–Crippen MR) is 75.5 cm³/mol. The Balaban J connectivity index is 2.93. The van der Waals surface area contributed by atoms with Gasteiger partial charge in [-0.25, -0.2) is 4.39 Å². The molecule has 0 aromatic heterocycles. The largest absolute Gasteiger partial charge is 0.497 e. The van der Waals surface area contributed by atoms with E-state index in [4.69, 9.17) is 16.2 Å². The number of hydrogen-bond acceptors (Lipinski definition) is 4. The molecule has 17 heavy (non-hydrogen) atoms. The zero-order chi connectivity index (χ0) is 13.0. The van der Waals surface area contributed by atoms with E-state index in [0.29, 0.717) is 20.8 Å². The first-order valence-corrected chi connectivity index (χ1v) is 6.05. The molecule has 1 atom stereocenters. The summed E-state index contributed by atoms with van der Waals surface area (Å²) in [4.78, 5) is 0. The molecule has 0 bridgehead atoms. The second-order valence-electron chi connectivity index (χ2n) is 3.53. The second kappa shape index (κ2) is 6.06. The van der Waals surface area contributed by atoms with Crippen LogP contribution >= 0.6 is 22.6 Å². The number of benzene rings is 1.